The number of carbonyl (C=O) groups is 1. The first-order valence-electron chi connectivity index (χ1n) is 13.7. The minimum atomic E-state index is -0.423. The third kappa shape index (κ3) is 7.71. The first-order chi connectivity index (χ1) is 18.4. The van der Waals surface area contributed by atoms with Gasteiger partial charge in [-0.25, -0.2) is 0 Å². The fourth-order valence-electron chi connectivity index (χ4n) is 5.59. The number of hydrogen-bond acceptors (Lipinski definition) is 5. The van der Waals surface area contributed by atoms with Crippen molar-refractivity contribution < 1.29 is 14.6 Å². The minimum absolute atomic E-state index is 0.0706. The van der Waals surface area contributed by atoms with Crippen molar-refractivity contribution in [3.63, 3.8) is 0 Å². The molecule has 38 heavy (non-hydrogen) atoms. The first-order valence-corrected chi connectivity index (χ1v) is 14.7. The van der Waals surface area contributed by atoms with E-state index >= 15 is 0 Å². The number of fused-ring (bicyclic) bond motifs is 3. The predicted molar refractivity (Wildman–Crippen MR) is 162 cm³/mol. The largest absolute Gasteiger partial charge is 0.490 e. The van der Waals surface area contributed by atoms with Crippen LogP contribution in [0.2, 0.25) is 5.02 Å². The lowest BCUT2D eigenvalue weighted by Crippen LogP contribution is -2.44. The maximum atomic E-state index is 11.5. The number of likely N-dealkylation sites (N-methyl/N-ethyl adjacent to an activating group) is 1. The smallest absolute Gasteiger partial charge is 0.248 e. The Labute approximate surface area is 238 Å². The number of unbranched alkanes of at least 4 members (excludes halogenated alkanes) is 1. The summed E-state index contributed by atoms with van der Waals surface area (Å²) in [6.45, 7) is 1.45. The van der Waals surface area contributed by atoms with Gasteiger partial charge in [0.1, 0.15) is 5.75 Å². The summed E-state index contributed by atoms with van der Waals surface area (Å²) in [7, 11) is 3.05. The number of benzene rings is 2. The van der Waals surface area contributed by atoms with Gasteiger partial charge < -0.3 is 20.5 Å². The number of amides is 1. The topological polar surface area (TPSA) is 75.8 Å². The highest BCUT2D eigenvalue weighted by Crippen LogP contribution is 2.44. The number of nitrogens with zero attached hydrogens (tertiary/aromatic N) is 1. The van der Waals surface area contributed by atoms with Gasteiger partial charge in [0, 0.05) is 36.7 Å². The summed E-state index contributed by atoms with van der Waals surface area (Å²) in [6.07, 6.45) is 16.1. The van der Waals surface area contributed by atoms with Crippen molar-refractivity contribution in [2.45, 2.75) is 63.2 Å². The fourth-order valence-corrected chi connectivity index (χ4v) is 5.97. The van der Waals surface area contributed by atoms with Crippen LogP contribution in [0, 0.1) is 5.92 Å². The number of hydrogen-bond donors (Lipinski definition) is 3. The molecule has 208 valence electrons. The number of ether oxygens (including phenoxy) is 1. The predicted octanol–water partition coefficient (Wildman–Crippen LogP) is 6.59. The third-order valence-electron chi connectivity index (χ3n) is 7.83. The quantitative estimate of drug-likeness (QED) is 0.212. The van der Waals surface area contributed by atoms with E-state index in [0.29, 0.717) is 12.2 Å². The number of carbonyl (C=O) groups excluding carboxylic acids is 1. The standard InChI is InChI=1S/C20H21ClN2O2.C10H18S.CH4O/c1-23-11-20(8-2-3-13-9-15(21)5-6-16(13)20)12-25-18-7-4-14(19(22)24)10-17(18)23;11-9-4-2-1-3-6-10-7-5-8-10;1-2/h4-7,9-10H,2-3,8,11-12H2,1H3,(H2,22,24);1,3,10-11H,2,4-9H2;2H,1H3/b;3-1+;/t20-;;/m0../s1. The summed E-state index contributed by atoms with van der Waals surface area (Å²) >= 11 is 10.4. The molecule has 3 aliphatic rings. The molecule has 5 rings (SSSR count). The van der Waals surface area contributed by atoms with Crippen molar-refractivity contribution >= 4 is 35.8 Å². The molecule has 1 amide bonds. The van der Waals surface area contributed by atoms with Crippen molar-refractivity contribution in [1.29, 1.82) is 0 Å². The number of aliphatic hydroxyl groups excluding tert-OH is 1. The van der Waals surface area contributed by atoms with Crippen molar-refractivity contribution in [2.24, 2.45) is 11.7 Å². The minimum Gasteiger partial charge on any atom is -0.490 e. The van der Waals surface area contributed by atoms with Gasteiger partial charge in [0.15, 0.2) is 0 Å². The van der Waals surface area contributed by atoms with Crippen LogP contribution in [0.5, 0.6) is 5.75 Å². The molecule has 1 saturated carbocycles. The number of anilines is 1. The first kappa shape index (κ1) is 30.4. The van der Waals surface area contributed by atoms with E-state index in [9.17, 15) is 4.79 Å². The second kappa shape index (κ2) is 14.9. The van der Waals surface area contributed by atoms with Gasteiger partial charge in [-0.15, -0.1) is 0 Å². The van der Waals surface area contributed by atoms with Crippen LogP contribution in [-0.4, -0.2) is 44.1 Å². The molecule has 1 atom stereocenters. The molecule has 0 saturated heterocycles. The zero-order valence-corrected chi connectivity index (χ0v) is 24.4. The van der Waals surface area contributed by atoms with Gasteiger partial charge in [0.25, 0.3) is 0 Å². The Balaban J connectivity index is 0.000000259. The van der Waals surface area contributed by atoms with E-state index in [4.69, 9.17) is 27.2 Å². The van der Waals surface area contributed by atoms with Gasteiger partial charge in [0.05, 0.1) is 12.3 Å². The molecule has 3 N–H and O–H groups in total. The molecule has 5 nitrogen and oxygen atoms in total. The Morgan fingerprint density at radius 3 is 2.68 bits per heavy atom. The summed E-state index contributed by atoms with van der Waals surface area (Å²) < 4.78 is 6.21. The molecule has 2 aromatic carbocycles. The zero-order valence-electron chi connectivity index (χ0n) is 22.8. The van der Waals surface area contributed by atoms with Crippen LogP contribution in [0.25, 0.3) is 0 Å². The van der Waals surface area contributed by atoms with Crippen LogP contribution in [0.1, 0.15) is 72.9 Å². The maximum absolute atomic E-state index is 11.5. The van der Waals surface area contributed by atoms with Crippen molar-refractivity contribution in [1.82, 2.24) is 0 Å². The van der Waals surface area contributed by atoms with Crippen LogP contribution >= 0.6 is 24.2 Å². The summed E-state index contributed by atoms with van der Waals surface area (Å²) in [5.74, 6) is 2.42. The van der Waals surface area contributed by atoms with E-state index in [2.05, 4.69) is 41.8 Å². The SMILES string of the molecule is CN1C[C@@]2(CCCc3cc(Cl)ccc32)COc2ccc(C(N)=O)cc21.CO.SCCC/C=C/CC1CCC1. The highest BCUT2D eigenvalue weighted by Gasteiger charge is 2.40. The normalized spacial score (nSPS) is 20.1. The second-order valence-electron chi connectivity index (χ2n) is 10.5. The summed E-state index contributed by atoms with van der Waals surface area (Å²) in [5, 5.41) is 7.79. The molecule has 2 aliphatic carbocycles. The molecule has 1 fully saturated rings. The van der Waals surface area contributed by atoms with Crippen LogP contribution in [0.4, 0.5) is 5.69 Å². The van der Waals surface area contributed by atoms with Crippen LogP contribution in [0.15, 0.2) is 48.6 Å². The Bertz CT molecular complexity index is 1090. The zero-order chi connectivity index (χ0) is 27.5. The summed E-state index contributed by atoms with van der Waals surface area (Å²) in [5.41, 5.74) is 9.43. The number of nitrogens with two attached hydrogens (primary N) is 1. The number of aryl methyl sites for hydroxylation is 1. The van der Waals surface area contributed by atoms with Crippen LogP contribution < -0.4 is 15.4 Å². The Kier molecular flexibility index (Phi) is 11.9. The average molecular weight is 559 g/mol. The summed E-state index contributed by atoms with van der Waals surface area (Å²) in [4.78, 5) is 13.7. The van der Waals surface area contributed by atoms with E-state index in [1.54, 1.807) is 6.07 Å². The number of aliphatic hydroxyl groups is 1. The lowest BCUT2D eigenvalue weighted by molar-refractivity contribution is 0.1000. The van der Waals surface area contributed by atoms with Gasteiger partial charge in [-0.3, -0.25) is 4.79 Å². The van der Waals surface area contributed by atoms with Gasteiger partial charge in [-0.05, 0) is 91.7 Å². The van der Waals surface area contributed by atoms with Gasteiger partial charge in [0.2, 0.25) is 5.91 Å². The monoisotopic (exact) mass is 558 g/mol. The number of allylic oxidation sites excluding steroid dienone is 2. The second-order valence-corrected chi connectivity index (χ2v) is 11.4. The highest BCUT2D eigenvalue weighted by molar-refractivity contribution is 7.80. The molecule has 7 heteroatoms. The Morgan fingerprint density at radius 1 is 1.21 bits per heavy atom. The molecule has 2 aromatic rings. The van der Waals surface area contributed by atoms with E-state index in [0.717, 1.165) is 61.0 Å². The van der Waals surface area contributed by atoms with Crippen molar-refractivity contribution in [2.75, 3.05) is 38.0 Å². The number of rotatable bonds is 6. The molecular weight excluding hydrogens is 516 g/mol. The van der Waals surface area contributed by atoms with Crippen molar-refractivity contribution in [3.8, 4) is 5.75 Å². The highest BCUT2D eigenvalue weighted by atomic mass is 35.5. The van der Waals surface area contributed by atoms with Crippen molar-refractivity contribution in [3.05, 3.63) is 70.3 Å². The maximum Gasteiger partial charge on any atom is 0.248 e. The summed E-state index contributed by atoms with van der Waals surface area (Å²) in [6, 6.07) is 11.6. The van der Waals surface area contributed by atoms with E-state index in [1.807, 2.05) is 25.2 Å². The molecule has 0 bridgehead atoms. The van der Waals surface area contributed by atoms with Crippen LogP contribution in [-0.2, 0) is 11.8 Å². The Morgan fingerprint density at radius 2 is 2.00 bits per heavy atom. The fraction of sp³-hybridized carbons (Fsp3) is 0.516. The lowest BCUT2D eigenvalue weighted by Gasteiger charge is -2.39. The molecule has 1 aliphatic heterocycles. The average Bonchev–Trinajstić information content (AvgIpc) is 3.03. The third-order valence-corrected chi connectivity index (χ3v) is 8.38. The number of primary amides is 1. The molecule has 0 aromatic heterocycles. The number of thiol groups is 1. The molecule has 1 spiro atoms. The van der Waals surface area contributed by atoms with Gasteiger partial charge >= 0.3 is 0 Å². The lowest BCUT2D eigenvalue weighted by atomic mass is 9.70. The Hall–Kier alpha value is -2.15. The molecular formula is C31H43ClN2O3S. The van der Waals surface area contributed by atoms with E-state index in [-0.39, 0.29) is 5.41 Å². The van der Waals surface area contributed by atoms with E-state index < -0.39 is 5.91 Å². The molecule has 0 radical (unpaired) electrons. The molecule has 1 heterocycles. The van der Waals surface area contributed by atoms with Gasteiger partial charge in [-0.2, -0.15) is 12.6 Å². The van der Waals surface area contributed by atoms with E-state index in [1.165, 1.54) is 49.7 Å². The number of halogens is 1. The van der Waals surface area contributed by atoms with Gasteiger partial charge in [-0.1, -0.05) is 49.1 Å². The van der Waals surface area contributed by atoms with Crippen LogP contribution in [0.3, 0.4) is 0 Å². The molecule has 0 unspecified atom stereocenters.